The molecule has 0 spiro atoms. The average molecular weight is 355 g/mol. The molecule has 3 aromatic rings. The van der Waals surface area contributed by atoms with Gasteiger partial charge in [0, 0.05) is 12.7 Å². The predicted octanol–water partition coefficient (Wildman–Crippen LogP) is 4.33. The molecule has 0 bridgehead atoms. The van der Waals surface area contributed by atoms with Crippen molar-refractivity contribution >= 4 is 29.1 Å². The Kier molecular flexibility index (Phi) is 5.48. The lowest BCUT2D eigenvalue weighted by Crippen LogP contribution is -2.14. The van der Waals surface area contributed by atoms with Gasteiger partial charge in [0.1, 0.15) is 5.82 Å². The first-order chi connectivity index (χ1) is 12.1. The van der Waals surface area contributed by atoms with Crippen LogP contribution >= 0.6 is 11.6 Å². The van der Waals surface area contributed by atoms with E-state index in [1.54, 1.807) is 18.3 Å². The Morgan fingerprint density at radius 3 is 2.64 bits per heavy atom. The zero-order valence-electron chi connectivity index (χ0n) is 13.8. The lowest BCUT2D eigenvalue weighted by atomic mass is 10.0. The topological polar surface area (TPSA) is 70.1 Å². The van der Waals surface area contributed by atoms with Gasteiger partial charge in [0.05, 0.1) is 16.8 Å². The summed E-state index contributed by atoms with van der Waals surface area (Å²) in [5.41, 5.74) is 2.69. The molecule has 1 heterocycles. The summed E-state index contributed by atoms with van der Waals surface area (Å²) in [5, 5.41) is 17.2. The summed E-state index contributed by atoms with van der Waals surface area (Å²) < 4.78 is 0. The summed E-state index contributed by atoms with van der Waals surface area (Å²) in [6.45, 7) is 2.34. The van der Waals surface area contributed by atoms with E-state index in [0.29, 0.717) is 23.3 Å². The highest BCUT2D eigenvalue weighted by atomic mass is 35.5. The minimum absolute atomic E-state index is 0.355. The average Bonchev–Trinajstić information content (AvgIpc) is 2.62. The van der Waals surface area contributed by atoms with Crippen molar-refractivity contribution in [1.82, 2.24) is 9.97 Å². The highest BCUT2D eigenvalue weighted by Gasteiger charge is 2.10. The standard InChI is InChI=1S/C19H19ClN4O/c1-13-6-2-3-7-14(13)17(25)12-22-18-10-11-21-19(24-18)23-16-9-5-4-8-15(16)20/h2-11,17,25H,12H2,1H3,(H2,21,22,23,24). The van der Waals surface area contributed by atoms with Crippen molar-refractivity contribution in [3.8, 4) is 0 Å². The van der Waals surface area contributed by atoms with Gasteiger partial charge in [0.25, 0.3) is 0 Å². The number of benzene rings is 2. The molecule has 1 aromatic heterocycles. The van der Waals surface area contributed by atoms with Crippen molar-refractivity contribution < 1.29 is 5.11 Å². The number of aliphatic hydroxyl groups is 1. The molecule has 0 fully saturated rings. The Morgan fingerprint density at radius 2 is 1.84 bits per heavy atom. The molecule has 1 unspecified atom stereocenters. The number of para-hydroxylation sites is 1. The van der Waals surface area contributed by atoms with E-state index in [4.69, 9.17) is 11.6 Å². The normalized spacial score (nSPS) is 11.8. The molecule has 0 saturated carbocycles. The highest BCUT2D eigenvalue weighted by molar-refractivity contribution is 6.33. The number of nitrogens with one attached hydrogen (secondary N) is 2. The van der Waals surface area contributed by atoms with E-state index >= 15 is 0 Å². The van der Waals surface area contributed by atoms with Gasteiger partial charge in [-0.25, -0.2) is 4.98 Å². The number of hydrogen-bond donors (Lipinski definition) is 3. The maximum absolute atomic E-state index is 10.4. The fourth-order valence-corrected chi connectivity index (χ4v) is 2.66. The maximum atomic E-state index is 10.4. The smallest absolute Gasteiger partial charge is 0.229 e. The van der Waals surface area contributed by atoms with Gasteiger partial charge in [0.15, 0.2) is 0 Å². The predicted molar refractivity (Wildman–Crippen MR) is 101 cm³/mol. The lowest BCUT2D eigenvalue weighted by Gasteiger charge is -2.15. The Morgan fingerprint density at radius 1 is 1.08 bits per heavy atom. The molecule has 0 aliphatic rings. The molecule has 0 radical (unpaired) electrons. The molecule has 0 amide bonds. The van der Waals surface area contributed by atoms with Crippen molar-refractivity contribution in [2.24, 2.45) is 0 Å². The number of anilines is 3. The van der Waals surface area contributed by atoms with E-state index in [1.807, 2.05) is 49.4 Å². The van der Waals surface area contributed by atoms with Gasteiger partial charge in [-0.15, -0.1) is 0 Å². The van der Waals surface area contributed by atoms with Crippen LogP contribution in [0.2, 0.25) is 5.02 Å². The van der Waals surface area contributed by atoms with Crippen LogP contribution in [0.4, 0.5) is 17.5 Å². The molecule has 6 heteroatoms. The fraction of sp³-hybridized carbons (Fsp3) is 0.158. The van der Waals surface area contributed by atoms with Gasteiger partial charge in [-0.3, -0.25) is 0 Å². The molecule has 1 atom stereocenters. The number of aliphatic hydroxyl groups excluding tert-OH is 1. The summed E-state index contributed by atoms with van der Waals surface area (Å²) in [5.74, 6) is 1.06. The third kappa shape index (κ3) is 4.47. The molecule has 25 heavy (non-hydrogen) atoms. The molecule has 3 rings (SSSR count). The van der Waals surface area contributed by atoms with Crippen LogP contribution in [0.3, 0.4) is 0 Å². The number of rotatable bonds is 6. The SMILES string of the molecule is Cc1ccccc1C(O)CNc1ccnc(Nc2ccccc2Cl)n1. The summed E-state index contributed by atoms with van der Waals surface area (Å²) in [4.78, 5) is 8.59. The Hall–Kier alpha value is -2.63. The summed E-state index contributed by atoms with van der Waals surface area (Å²) in [6.07, 6.45) is 1.03. The molecule has 0 aliphatic heterocycles. The van der Waals surface area contributed by atoms with E-state index in [9.17, 15) is 5.11 Å². The largest absolute Gasteiger partial charge is 0.387 e. The van der Waals surface area contributed by atoms with Gasteiger partial charge < -0.3 is 15.7 Å². The third-order valence-electron chi connectivity index (χ3n) is 3.80. The number of aromatic nitrogens is 2. The second kappa shape index (κ2) is 7.96. The van der Waals surface area contributed by atoms with Gasteiger partial charge in [-0.1, -0.05) is 48.0 Å². The number of aryl methyl sites for hydroxylation is 1. The summed E-state index contributed by atoms with van der Waals surface area (Å²) in [7, 11) is 0. The van der Waals surface area contributed by atoms with Crippen LogP contribution in [0.5, 0.6) is 0 Å². The van der Waals surface area contributed by atoms with E-state index < -0.39 is 6.10 Å². The third-order valence-corrected chi connectivity index (χ3v) is 4.13. The van der Waals surface area contributed by atoms with E-state index in [-0.39, 0.29) is 0 Å². The number of nitrogens with zero attached hydrogens (tertiary/aromatic N) is 2. The van der Waals surface area contributed by atoms with E-state index in [1.165, 1.54) is 0 Å². The molecule has 5 nitrogen and oxygen atoms in total. The fourth-order valence-electron chi connectivity index (χ4n) is 2.47. The maximum Gasteiger partial charge on any atom is 0.229 e. The molecule has 128 valence electrons. The van der Waals surface area contributed by atoms with Crippen LogP contribution < -0.4 is 10.6 Å². The Labute approximate surface area is 151 Å². The van der Waals surface area contributed by atoms with Gasteiger partial charge in [0.2, 0.25) is 5.95 Å². The second-order valence-electron chi connectivity index (χ2n) is 5.62. The minimum Gasteiger partial charge on any atom is -0.387 e. The molecule has 2 aromatic carbocycles. The van der Waals surface area contributed by atoms with E-state index in [0.717, 1.165) is 16.8 Å². The van der Waals surface area contributed by atoms with E-state index in [2.05, 4.69) is 20.6 Å². The van der Waals surface area contributed by atoms with Crippen LogP contribution in [0.25, 0.3) is 0 Å². The quantitative estimate of drug-likeness (QED) is 0.614. The van der Waals surface area contributed by atoms with Crippen LogP contribution in [0, 0.1) is 6.92 Å². The van der Waals surface area contributed by atoms with Crippen LogP contribution in [-0.4, -0.2) is 21.6 Å². The van der Waals surface area contributed by atoms with Crippen LogP contribution in [0.15, 0.2) is 60.8 Å². The molecule has 3 N–H and O–H groups in total. The summed E-state index contributed by atoms with van der Waals surface area (Å²) in [6, 6.07) is 16.9. The lowest BCUT2D eigenvalue weighted by molar-refractivity contribution is 0.191. The minimum atomic E-state index is -0.615. The first-order valence-electron chi connectivity index (χ1n) is 7.95. The first-order valence-corrected chi connectivity index (χ1v) is 8.33. The van der Waals surface area contributed by atoms with Gasteiger partial charge >= 0.3 is 0 Å². The van der Waals surface area contributed by atoms with Crippen molar-refractivity contribution in [1.29, 1.82) is 0 Å². The molecular formula is C19H19ClN4O. The van der Waals surface area contributed by atoms with Crippen molar-refractivity contribution in [2.75, 3.05) is 17.2 Å². The van der Waals surface area contributed by atoms with Crippen molar-refractivity contribution in [3.63, 3.8) is 0 Å². The monoisotopic (exact) mass is 354 g/mol. The molecule has 0 aliphatic carbocycles. The zero-order chi connectivity index (χ0) is 17.6. The van der Waals surface area contributed by atoms with Crippen molar-refractivity contribution in [2.45, 2.75) is 13.0 Å². The Balaban J connectivity index is 1.66. The highest BCUT2D eigenvalue weighted by Crippen LogP contribution is 2.23. The van der Waals surface area contributed by atoms with Crippen LogP contribution in [-0.2, 0) is 0 Å². The Bertz CT molecular complexity index is 856. The molecule has 0 saturated heterocycles. The number of halogens is 1. The van der Waals surface area contributed by atoms with Gasteiger partial charge in [-0.05, 0) is 36.2 Å². The summed E-state index contributed by atoms with van der Waals surface area (Å²) >= 11 is 6.13. The van der Waals surface area contributed by atoms with Crippen molar-refractivity contribution in [3.05, 3.63) is 76.9 Å². The zero-order valence-corrected chi connectivity index (χ0v) is 14.5. The number of hydrogen-bond acceptors (Lipinski definition) is 5. The van der Waals surface area contributed by atoms with Crippen LogP contribution in [0.1, 0.15) is 17.2 Å². The van der Waals surface area contributed by atoms with Gasteiger partial charge in [-0.2, -0.15) is 4.98 Å². The second-order valence-corrected chi connectivity index (χ2v) is 6.03. The first kappa shape index (κ1) is 17.2. The molecular weight excluding hydrogens is 336 g/mol.